The van der Waals surface area contributed by atoms with Crippen molar-refractivity contribution in [1.82, 2.24) is 10.0 Å². The molecule has 1 aliphatic carbocycles. The molecule has 31 heavy (non-hydrogen) atoms. The number of hydrogen-bond donors (Lipinski definition) is 2. The molecule has 3 atom stereocenters. The maximum atomic E-state index is 12.6. The highest BCUT2D eigenvalue weighted by atomic mass is 32.2. The highest BCUT2D eigenvalue weighted by Gasteiger charge is 2.28. The van der Waals surface area contributed by atoms with Crippen LogP contribution in [0.3, 0.4) is 0 Å². The fourth-order valence-electron chi connectivity index (χ4n) is 3.94. The number of Topliss-reactive ketones (excluding diaryl/α,β-unsaturated/α-hetero) is 1. The minimum atomic E-state index is -3.70. The van der Waals surface area contributed by atoms with Gasteiger partial charge in [-0.15, -0.1) is 0 Å². The van der Waals surface area contributed by atoms with Gasteiger partial charge in [0.25, 0.3) is 5.91 Å². The molecular weight excluding hydrogens is 412 g/mol. The SMILES string of the molecule is CC(=O)c1ccc(S(=O)(=O)NCc2ccc(C(=O)NC3CCCC(C)C3C)cc2)cc1. The van der Waals surface area contributed by atoms with Crippen molar-refractivity contribution in [3.8, 4) is 0 Å². The van der Waals surface area contributed by atoms with Gasteiger partial charge in [0.15, 0.2) is 5.78 Å². The molecule has 0 saturated heterocycles. The van der Waals surface area contributed by atoms with E-state index in [-0.39, 0.29) is 29.2 Å². The van der Waals surface area contributed by atoms with Gasteiger partial charge < -0.3 is 5.32 Å². The molecule has 2 aromatic carbocycles. The molecule has 0 heterocycles. The van der Waals surface area contributed by atoms with Crippen LogP contribution in [0.2, 0.25) is 0 Å². The van der Waals surface area contributed by atoms with E-state index in [1.54, 1.807) is 24.3 Å². The van der Waals surface area contributed by atoms with Crippen molar-refractivity contribution >= 4 is 21.7 Å². The van der Waals surface area contributed by atoms with Gasteiger partial charge in [0.05, 0.1) is 4.90 Å². The Labute approximate surface area is 184 Å². The summed E-state index contributed by atoms with van der Waals surface area (Å²) in [5.41, 5.74) is 1.78. The molecule has 3 rings (SSSR count). The molecule has 0 radical (unpaired) electrons. The highest BCUT2D eigenvalue weighted by molar-refractivity contribution is 7.89. The van der Waals surface area contributed by atoms with E-state index >= 15 is 0 Å². The quantitative estimate of drug-likeness (QED) is 0.636. The van der Waals surface area contributed by atoms with Gasteiger partial charge >= 0.3 is 0 Å². The number of benzene rings is 2. The van der Waals surface area contributed by atoms with Crippen molar-refractivity contribution in [3.63, 3.8) is 0 Å². The van der Waals surface area contributed by atoms with Crippen LogP contribution in [-0.4, -0.2) is 26.2 Å². The van der Waals surface area contributed by atoms with Crippen LogP contribution in [0, 0.1) is 11.8 Å². The van der Waals surface area contributed by atoms with E-state index in [0.717, 1.165) is 18.4 Å². The van der Waals surface area contributed by atoms with Crippen molar-refractivity contribution in [3.05, 3.63) is 65.2 Å². The molecule has 0 aromatic heterocycles. The Bertz CT molecular complexity index is 1030. The third kappa shape index (κ3) is 5.80. The van der Waals surface area contributed by atoms with Crippen molar-refractivity contribution < 1.29 is 18.0 Å². The standard InChI is InChI=1S/C24H30N2O4S/c1-16-5-4-6-23(17(16)2)26-24(28)21-9-7-19(8-10-21)15-25-31(29,30)22-13-11-20(12-14-22)18(3)27/h7-14,16-17,23,25H,4-6,15H2,1-3H3,(H,26,28). The summed E-state index contributed by atoms with van der Waals surface area (Å²) in [6, 6.07) is 13.0. The lowest BCUT2D eigenvalue weighted by atomic mass is 9.78. The number of ketones is 1. The zero-order valence-corrected chi connectivity index (χ0v) is 19.0. The van der Waals surface area contributed by atoms with E-state index in [4.69, 9.17) is 0 Å². The molecule has 1 amide bonds. The van der Waals surface area contributed by atoms with E-state index < -0.39 is 10.0 Å². The Hall–Kier alpha value is -2.51. The molecule has 6 nitrogen and oxygen atoms in total. The third-order valence-electron chi connectivity index (χ3n) is 6.28. The molecule has 166 valence electrons. The molecular formula is C24H30N2O4S. The summed E-state index contributed by atoms with van der Waals surface area (Å²) in [5, 5.41) is 3.15. The molecule has 1 saturated carbocycles. The van der Waals surface area contributed by atoms with Gasteiger partial charge in [0.1, 0.15) is 0 Å². The summed E-state index contributed by atoms with van der Waals surface area (Å²) < 4.78 is 27.5. The van der Waals surface area contributed by atoms with E-state index in [0.29, 0.717) is 23.0 Å². The second kappa shape index (κ2) is 9.75. The number of sulfonamides is 1. The zero-order valence-electron chi connectivity index (χ0n) is 18.2. The van der Waals surface area contributed by atoms with Crippen molar-refractivity contribution in [1.29, 1.82) is 0 Å². The third-order valence-corrected chi connectivity index (χ3v) is 7.69. The summed E-state index contributed by atoms with van der Waals surface area (Å²) in [7, 11) is -3.70. The number of rotatable bonds is 7. The molecule has 2 aromatic rings. The summed E-state index contributed by atoms with van der Waals surface area (Å²) in [6.07, 6.45) is 3.34. The molecule has 7 heteroatoms. The molecule has 0 spiro atoms. The molecule has 1 fully saturated rings. The minimum Gasteiger partial charge on any atom is -0.349 e. The Kier molecular flexibility index (Phi) is 7.28. The lowest BCUT2D eigenvalue weighted by molar-refractivity contribution is 0.0890. The average Bonchev–Trinajstić information content (AvgIpc) is 2.76. The normalized spacial score (nSPS) is 21.5. The molecule has 3 unspecified atom stereocenters. The van der Waals surface area contributed by atoms with Gasteiger partial charge in [-0.1, -0.05) is 51.0 Å². The molecule has 1 aliphatic rings. The lowest BCUT2D eigenvalue weighted by Crippen LogP contribution is -2.43. The maximum absolute atomic E-state index is 12.6. The van der Waals surface area contributed by atoms with Crippen molar-refractivity contribution in [2.75, 3.05) is 0 Å². The number of hydrogen-bond acceptors (Lipinski definition) is 4. The smallest absolute Gasteiger partial charge is 0.251 e. The van der Waals surface area contributed by atoms with Gasteiger partial charge in [-0.05, 0) is 55.0 Å². The molecule has 0 bridgehead atoms. The second-order valence-corrected chi connectivity index (χ2v) is 10.2. The largest absolute Gasteiger partial charge is 0.349 e. The van der Waals surface area contributed by atoms with Crippen LogP contribution in [-0.2, 0) is 16.6 Å². The lowest BCUT2D eigenvalue weighted by Gasteiger charge is -2.34. The van der Waals surface area contributed by atoms with Gasteiger partial charge in [-0.25, -0.2) is 13.1 Å². The summed E-state index contributed by atoms with van der Waals surface area (Å²) in [5.74, 6) is 0.848. The first-order valence-corrected chi connectivity index (χ1v) is 12.2. The van der Waals surface area contributed by atoms with E-state index in [1.165, 1.54) is 37.6 Å². The van der Waals surface area contributed by atoms with Crippen LogP contribution in [0.25, 0.3) is 0 Å². The average molecular weight is 443 g/mol. The number of carbonyl (C=O) groups excluding carboxylic acids is 2. The first-order chi connectivity index (χ1) is 14.7. The Morgan fingerprint density at radius 3 is 2.16 bits per heavy atom. The van der Waals surface area contributed by atoms with Gasteiger partial charge in [-0.2, -0.15) is 0 Å². The van der Waals surface area contributed by atoms with Crippen molar-refractivity contribution in [2.24, 2.45) is 11.8 Å². The number of carbonyl (C=O) groups is 2. The van der Waals surface area contributed by atoms with Crippen LogP contribution in [0.1, 0.15) is 66.3 Å². The Morgan fingerprint density at radius 2 is 1.55 bits per heavy atom. The van der Waals surface area contributed by atoms with E-state index in [1.807, 2.05) is 0 Å². The van der Waals surface area contributed by atoms with Crippen molar-refractivity contribution in [2.45, 2.75) is 57.5 Å². The maximum Gasteiger partial charge on any atom is 0.251 e. The number of nitrogens with one attached hydrogen (secondary N) is 2. The predicted molar refractivity (Wildman–Crippen MR) is 120 cm³/mol. The highest BCUT2D eigenvalue weighted by Crippen LogP contribution is 2.29. The first-order valence-electron chi connectivity index (χ1n) is 10.7. The van der Waals surface area contributed by atoms with Crippen LogP contribution in [0.15, 0.2) is 53.4 Å². The van der Waals surface area contributed by atoms with Crippen LogP contribution in [0.5, 0.6) is 0 Å². The summed E-state index contributed by atoms with van der Waals surface area (Å²) in [4.78, 5) is 24.0. The first kappa shape index (κ1) is 23.2. The molecule has 2 N–H and O–H groups in total. The van der Waals surface area contributed by atoms with Gasteiger partial charge in [-0.3, -0.25) is 9.59 Å². The van der Waals surface area contributed by atoms with Gasteiger partial charge in [0, 0.05) is 23.7 Å². The number of amides is 1. The Morgan fingerprint density at radius 1 is 0.935 bits per heavy atom. The fourth-order valence-corrected chi connectivity index (χ4v) is 4.96. The molecule has 0 aliphatic heterocycles. The Balaban J connectivity index is 1.58. The monoisotopic (exact) mass is 442 g/mol. The van der Waals surface area contributed by atoms with Crippen LogP contribution >= 0.6 is 0 Å². The van der Waals surface area contributed by atoms with Crippen LogP contribution < -0.4 is 10.0 Å². The van der Waals surface area contributed by atoms with Crippen LogP contribution in [0.4, 0.5) is 0 Å². The van der Waals surface area contributed by atoms with E-state index in [9.17, 15) is 18.0 Å². The minimum absolute atomic E-state index is 0.0939. The van der Waals surface area contributed by atoms with E-state index in [2.05, 4.69) is 23.9 Å². The summed E-state index contributed by atoms with van der Waals surface area (Å²) in [6.45, 7) is 5.96. The zero-order chi connectivity index (χ0) is 22.6. The predicted octanol–water partition coefficient (Wildman–Crippen LogP) is 3.92. The topological polar surface area (TPSA) is 92.3 Å². The second-order valence-electron chi connectivity index (χ2n) is 8.45. The fraction of sp³-hybridized carbons (Fsp3) is 0.417. The van der Waals surface area contributed by atoms with Gasteiger partial charge in [0.2, 0.25) is 10.0 Å². The summed E-state index contributed by atoms with van der Waals surface area (Å²) >= 11 is 0.